The Bertz CT molecular complexity index is 1110. The van der Waals surface area contributed by atoms with Crippen LogP contribution in [0.15, 0.2) is 42.7 Å². The number of amides is 1. The Morgan fingerprint density at radius 3 is 2.77 bits per heavy atom. The minimum absolute atomic E-state index is 0.136. The van der Waals surface area contributed by atoms with Crippen LogP contribution < -0.4 is 4.90 Å². The van der Waals surface area contributed by atoms with Crippen molar-refractivity contribution in [2.75, 3.05) is 24.5 Å². The van der Waals surface area contributed by atoms with Crippen LogP contribution in [0.3, 0.4) is 0 Å². The minimum atomic E-state index is -0.404. The van der Waals surface area contributed by atoms with Crippen LogP contribution in [0.2, 0.25) is 0 Å². The number of aromatic nitrogens is 4. The maximum absolute atomic E-state index is 13.7. The summed E-state index contributed by atoms with van der Waals surface area (Å²) in [6, 6.07) is 7.65. The number of anilines is 1. The molecule has 0 unspecified atom stereocenters. The maximum atomic E-state index is 13.7. The zero-order valence-corrected chi connectivity index (χ0v) is 17.5. The van der Waals surface area contributed by atoms with E-state index in [0.29, 0.717) is 12.1 Å². The zero-order chi connectivity index (χ0) is 21.4. The van der Waals surface area contributed by atoms with Crippen molar-refractivity contribution in [3.05, 3.63) is 59.8 Å². The number of rotatable bonds is 4. The molecule has 1 aromatic carbocycles. The molecule has 5 rings (SSSR count). The number of halogens is 1. The minimum Gasteiger partial charge on any atom is -0.341 e. The molecular weight excluding hydrogens is 395 g/mol. The molecule has 3 aromatic rings. The van der Waals surface area contributed by atoms with Gasteiger partial charge in [-0.2, -0.15) is 5.10 Å². The molecule has 4 heterocycles. The van der Waals surface area contributed by atoms with Gasteiger partial charge in [-0.1, -0.05) is 6.07 Å². The second kappa shape index (κ2) is 8.09. The van der Waals surface area contributed by atoms with Crippen LogP contribution in [-0.2, 0) is 7.05 Å². The number of likely N-dealkylation sites (tertiary alicyclic amines) is 1. The lowest BCUT2D eigenvalue weighted by Crippen LogP contribution is -2.32. The molecule has 0 bridgehead atoms. The van der Waals surface area contributed by atoms with Gasteiger partial charge in [0.1, 0.15) is 5.82 Å². The molecule has 0 radical (unpaired) electrons. The summed E-state index contributed by atoms with van der Waals surface area (Å²) < 4.78 is 15.5. The summed E-state index contributed by atoms with van der Waals surface area (Å²) in [5.41, 5.74) is 3.04. The number of hydrogen-bond donors (Lipinski definition) is 0. The predicted molar refractivity (Wildman–Crippen MR) is 115 cm³/mol. The van der Waals surface area contributed by atoms with Crippen LogP contribution in [0.4, 0.5) is 10.3 Å². The highest BCUT2D eigenvalue weighted by atomic mass is 19.1. The molecule has 1 amide bonds. The molecule has 2 aliphatic heterocycles. The van der Waals surface area contributed by atoms with E-state index in [9.17, 15) is 9.18 Å². The first kappa shape index (κ1) is 19.7. The third kappa shape index (κ3) is 3.66. The van der Waals surface area contributed by atoms with E-state index in [2.05, 4.69) is 15.0 Å². The van der Waals surface area contributed by atoms with E-state index in [-0.39, 0.29) is 11.9 Å². The van der Waals surface area contributed by atoms with Crippen molar-refractivity contribution >= 4 is 11.9 Å². The Balaban J connectivity index is 1.49. The molecule has 1 atom stereocenters. The molecule has 160 valence electrons. The van der Waals surface area contributed by atoms with Gasteiger partial charge in [0.25, 0.3) is 5.91 Å². The van der Waals surface area contributed by atoms with Crippen molar-refractivity contribution in [2.45, 2.75) is 31.7 Å². The van der Waals surface area contributed by atoms with Gasteiger partial charge in [-0.3, -0.25) is 9.48 Å². The Hall–Kier alpha value is -3.29. The fourth-order valence-corrected chi connectivity index (χ4v) is 4.69. The maximum Gasteiger partial charge on any atom is 0.254 e. The Morgan fingerprint density at radius 2 is 1.97 bits per heavy atom. The summed E-state index contributed by atoms with van der Waals surface area (Å²) >= 11 is 0. The Labute approximate surface area is 180 Å². The fourth-order valence-electron chi connectivity index (χ4n) is 4.69. The van der Waals surface area contributed by atoms with E-state index in [1.54, 1.807) is 18.3 Å². The normalized spacial score (nSPS) is 18.7. The summed E-state index contributed by atoms with van der Waals surface area (Å²) in [6.45, 7) is 2.58. The lowest BCUT2D eigenvalue weighted by molar-refractivity contribution is 0.0730. The topological polar surface area (TPSA) is 67.2 Å². The number of carbonyl (C=O) groups excluding carboxylic acids is 1. The molecule has 7 nitrogen and oxygen atoms in total. The zero-order valence-electron chi connectivity index (χ0n) is 17.5. The van der Waals surface area contributed by atoms with Gasteiger partial charge in [0, 0.05) is 44.0 Å². The molecule has 2 aliphatic rings. The van der Waals surface area contributed by atoms with Gasteiger partial charge in [-0.15, -0.1) is 0 Å². The van der Waals surface area contributed by atoms with E-state index < -0.39 is 5.82 Å². The molecule has 2 saturated heterocycles. The van der Waals surface area contributed by atoms with Crippen LogP contribution in [0.1, 0.15) is 47.8 Å². The number of hydrogen-bond acceptors (Lipinski definition) is 5. The van der Waals surface area contributed by atoms with Gasteiger partial charge in [0.15, 0.2) is 0 Å². The molecule has 0 spiro atoms. The smallest absolute Gasteiger partial charge is 0.254 e. The molecule has 0 N–H and O–H groups in total. The highest BCUT2D eigenvalue weighted by Gasteiger charge is 2.35. The first-order valence-electron chi connectivity index (χ1n) is 10.8. The molecule has 8 heteroatoms. The Morgan fingerprint density at radius 1 is 1.13 bits per heavy atom. The van der Waals surface area contributed by atoms with Crippen molar-refractivity contribution in [3.8, 4) is 11.3 Å². The number of nitrogens with zero attached hydrogens (tertiary/aromatic N) is 6. The summed E-state index contributed by atoms with van der Waals surface area (Å²) in [5.74, 6) is 0.178. The van der Waals surface area contributed by atoms with Crippen LogP contribution >= 0.6 is 0 Å². The molecule has 31 heavy (non-hydrogen) atoms. The quantitative estimate of drug-likeness (QED) is 0.645. The van der Waals surface area contributed by atoms with E-state index in [0.717, 1.165) is 61.7 Å². The van der Waals surface area contributed by atoms with Gasteiger partial charge in [0.2, 0.25) is 5.95 Å². The summed E-state index contributed by atoms with van der Waals surface area (Å²) in [5, 5.41) is 4.49. The predicted octanol–water partition coefficient (Wildman–Crippen LogP) is 3.59. The van der Waals surface area contributed by atoms with Gasteiger partial charge in [-0.05, 0) is 49.9 Å². The van der Waals surface area contributed by atoms with Crippen LogP contribution in [0.5, 0.6) is 0 Å². The summed E-state index contributed by atoms with van der Waals surface area (Å²) in [4.78, 5) is 26.5. The number of benzene rings is 1. The van der Waals surface area contributed by atoms with Gasteiger partial charge in [0.05, 0.1) is 23.6 Å². The van der Waals surface area contributed by atoms with E-state index in [1.807, 2.05) is 28.9 Å². The first-order valence-corrected chi connectivity index (χ1v) is 10.8. The van der Waals surface area contributed by atoms with Crippen molar-refractivity contribution < 1.29 is 9.18 Å². The van der Waals surface area contributed by atoms with Crippen molar-refractivity contribution in [1.29, 1.82) is 0 Å². The molecular formula is C23H25FN6O. The fraction of sp³-hybridized carbons (Fsp3) is 0.391. The Kier molecular flexibility index (Phi) is 5.13. The van der Waals surface area contributed by atoms with E-state index in [1.165, 1.54) is 12.1 Å². The third-order valence-corrected chi connectivity index (χ3v) is 6.19. The van der Waals surface area contributed by atoms with Crippen LogP contribution in [0, 0.1) is 5.82 Å². The lowest BCUT2D eigenvalue weighted by atomic mass is 10.0. The summed E-state index contributed by atoms with van der Waals surface area (Å²) in [6.07, 6.45) is 7.64. The van der Waals surface area contributed by atoms with Gasteiger partial charge < -0.3 is 9.80 Å². The molecule has 0 aliphatic carbocycles. The lowest BCUT2D eigenvalue weighted by Gasteiger charge is -2.26. The molecule has 2 aromatic heterocycles. The van der Waals surface area contributed by atoms with Gasteiger partial charge >= 0.3 is 0 Å². The average Bonchev–Trinajstić information content (AvgIpc) is 3.54. The van der Waals surface area contributed by atoms with E-state index >= 15 is 0 Å². The monoisotopic (exact) mass is 420 g/mol. The number of aryl methyl sites for hydroxylation is 1. The van der Waals surface area contributed by atoms with Crippen molar-refractivity contribution in [2.24, 2.45) is 7.05 Å². The largest absolute Gasteiger partial charge is 0.341 e. The van der Waals surface area contributed by atoms with Crippen molar-refractivity contribution in [3.63, 3.8) is 0 Å². The van der Waals surface area contributed by atoms with E-state index in [4.69, 9.17) is 4.98 Å². The average molecular weight is 420 g/mol. The third-order valence-electron chi connectivity index (χ3n) is 6.19. The van der Waals surface area contributed by atoms with Gasteiger partial charge in [-0.25, -0.2) is 14.4 Å². The molecule has 2 fully saturated rings. The highest BCUT2D eigenvalue weighted by Crippen LogP contribution is 2.38. The second-order valence-corrected chi connectivity index (χ2v) is 8.17. The number of carbonyl (C=O) groups is 1. The van der Waals surface area contributed by atoms with Crippen LogP contribution in [-0.4, -0.2) is 50.2 Å². The first-order chi connectivity index (χ1) is 15.1. The second-order valence-electron chi connectivity index (χ2n) is 8.17. The van der Waals surface area contributed by atoms with Crippen molar-refractivity contribution in [1.82, 2.24) is 24.6 Å². The van der Waals surface area contributed by atoms with Crippen LogP contribution in [0.25, 0.3) is 11.3 Å². The highest BCUT2D eigenvalue weighted by molar-refractivity contribution is 5.94. The standard InChI is InChI=1S/C23H25FN6O/c1-28-21(20-8-5-13-30(20)22(31)16-6-4-7-17(24)14-16)18(15-26-28)19-9-10-25-23(27-19)29-11-2-3-12-29/h4,6-7,9-10,14-15,20H,2-3,5,8,11-13H2,1H3/t20-/m0/s1. The SMILES string of the molecule is Cn1ncc(-c2ccnc(N3CCCC3)n2)c1[C@@H]1CCCN1C(=O)c1cccc(F)c1. The molecule has 0 saturated carbocycles. The summed E-state index contributed by atoms with van der Waals surface area (Å²) in [7, 11) is 1.89.